The molecule has 3 aromatic rings. The second-order valence-electron chi connectivity index (χ2n) is 7.16. The molecule has 1 N–H and O–H groups in total. The summed E-state index contributed by atoms with van der Waals surface area (Å²) in [7, 11) is 0. The minimum absolute atomic E-state index is 0.00997. The molecule has 0 saturated carbocycles. The van der Waals surface area contributed by atoms with Gasteiger partial charge in [0, 0.05) is 38.7 Å². The fourth-order valence-corrected chi connectivity index (χ4v) is 4.85. The van der Waals surface area contributed by atoms with Gasteiger partial charge in [0.1, 0.15) is 5.01 Å². The fourth-order valence-electron chi connectivity index (χ4n) is 3.45. The molecule has 4 rings (SSSR count). The normalized spacial score (nSPS) is 15.3. The molecule has 0 aliphatic carbocycles. The predicted octanol–water partition coefficient (Wildman–Crippen LogP) is 6.02. The number of benzene rings is 2. The second-order valence-corrected chi connectivity index (χ2v) is 9.39. The Kier molecular flexibility index (Phi) is 6.91. The maximum atomic E-state index is 12.7. The quantitative estimate of drug-likeness (QED) is 0.484. The molecule has 30 heavy (non-hydrogen) atoms. The van der Waals surface area contributed by atoms with Crippen molar-refractivity contribution in [2.75, 3.05) is 18.4 Å². The van der Waals surface area contributed by atoms with Crippen molar-refractivity contribution in [2.24, 2.45) is 5.92 Å². The molecule has 9 heteroatoms. The van der Waals surface area contributed by atoms with Crippen LogP contribution >= 0.6 is 46.1 Å². The lowest BCUT2D eigenvalue weighted by Gasteiger charge is -2.31. The number of carbonyl (C=O) groups excluding carboxylic acids is 1. The number of rotatable bonds is 5. The van der Waals surface area contributed by atoms with Gasteiger partial charge in [-0.1, -0.05) is 64.3 Å². The highest BCUT2D eigenvalue weighted by molar-refractivity contribution is 7.18. The Morgan fingerprint density at radius 3 is 2.37 bits per heavy atom. The number of likely N-dealkylation sites (tertiary alicyclic amines) is 1. The Morgan fingerprint density at radius 1 is 1.03 bits per heavy atom. The molecule has 5 nitrogen and oxygen atoms in total. The third kappa shape index (κ3) is 5.13. The van der Waals surface area contributed by atoms with Gasteiger partial charge in [0.2, 0.25) is 11.0 Å². The molecule has 0 spiro atoms. The number of amides is 1. The molecule has 1 aliphatic heterocycles. The SMILES string of the molecule is O=C(Nc1nnc(-c2ccc(Cl)cc2)s1)C1CCN(Cc2c(Cl)cccc2Cl)CC1. The van der Waals surface area contributed by atoms with Crippen LogP contribution in [0, 0.1) is 5.92 Å². The molecule has 1 saturated heterocycles. The average Bonchev–Trinajstić information content (AvgIpc) is 3.20. The maximum absolute atomic E-state index is 12.7. The lowest BCUT2D eigenvalue weighted by molar-refractivity contribution is -0.121. The van der Waals surface area contributed by atoms with Gasteiger partial charge in [-0.25, -0.2) is 0 Å². The van der Waals surface area contributed by atoms with Crippen LogP contribution in [-0.4, -0.2) is 34.1 Å². The fraction of sp³-hybridized carbons (Fsp3) is 0.286. The van der Waals surface area contributed by atoms with Gasteiger partial charge in [0.25, 0.3) is 0 Å². The number of nitrogens with one attached hydrogen (secondary N) is 1. The number of anilines is 1. The summed E-state index contributed by atoms with van der Waals surface area (Å²) in [6.07, 6.45) is 1.55. The van der Waals surface area contributed by atoms with Crippen molar-refractivity contribution >= 4 is 57.2 Å². The van der Waals surface area contributed by atoms with Gasteiger partial charge in [0.15, 0.2) is 0 Å². The minimum atomic E-state index is -0.0501. The second kappa shape index (κ2) is 9.62. The van der Waals surface area contributed by atoms with E-state index in [1.165, 1.54) is 11.3 Å². The van der Waals surface area contributed by atoms with Crippen molar-refractivity contribution in [1.82, 2.24) is 15.1 Å². The van der Waals surface area contributed by atoms with Gasteiger partial charge in [0.05, 0.1) is 0 Å². The van der Waals surface area contributed by atoms with E-state index in [0.717, 1.165) is 42.1 Å². The highest BCUT2D eigenvalue weighted by Crippen LogP contribution is 2.30. The topological polar surface area (TPSA) is 58.1 Å². The standard InChI is InChI=1S/C21H19Cl3N4OS/c22-15-6-4-14(5-7-15)20-26-27-21(30-20)25-19(29)13-8-10-28(11-9-13)12-16-17(23)2-1-3-18(16)24/h1-7,13H,8-12H2,(H,25,27,29). The molecule has 1 amide bonds. The van der Waals surface area contributed by atoms with E-state index >= 15 is 0 Å². The van der Waals surface area contributed by atoms with E-state index in [4.69, 9.17) is 34.8 Å². The Bertz CT molecular complexity index is 1010. The number of hydrogen-bond donors (Lipinski definition) is 1. The molecule has 0 unspecified atom stereocenters. The molecule has 0 atom stereocenters. The van der Waals surface area contributed by atoms with E-state index in [0.29, 0.717) is 26.7 Å². The summed E-state index contributed by atoms with van der Waals surface area (Å²) in [5, 5.41) is 14.5. The molecule has 2 heterocycles. The van der Waals surface area contributed by atoms with Gasteiger partial charge in [-0.15, -0.1) is 10.2 Å². The van der Waals surface area contributed by atoms with Crippen LogP contribution < -0.4 is 5.32 Å². The van der Waals surface area contributed by atoms with Crippen LogP contribution in [0.2, 0.25) is 15.1 Å². The van der Waals surface area contributed by atoms with Crippen LogP contribution in [0.5, 0.6) is 0 Å². The van der Waals surface area contributed by atoms with Gasteiger partial charge < -0.3 is 5.32 Å². The molecule has 2 aromatic carbocycles. The monoisotopic (exact) mass is 480 g/mol. The van der Waals surface area contributed by atoms with Crippen molar-refractivity contribution in [3.05, 3.63) is 63.1 Å². The Hall–Kier alpha value is -1.70. The van der Waals surface area contributed by atoms with Crippen LogP contribution in [-0.2, 0) is 11.3 Å². The average molecular weight is 482 g/mol. The Balaban J connectivity index is 1.31. The molecule has 1 aliphatic rings. The lowest BCUT2D eigenvalue weighted by Crippen LogP contribution is -2.37. The van der Waals surface area contributed by atoms with Gasteiger partial charge >= 0.3 is 0 Å². The first-order valence-corrected chi connectivity index (χ1v) is 11.5. The van der Waals surface area contributed by atoms with Crippen molar-refractivity contribution in [1.29, 1.82) is 0 Å². The number of hydrogen-bond acceptors (Lipinski definition) is 5. The van der Waals surface area contributed by atoms with E-state index in [1.807, 2.05) is 30.3 Å². The number of carbonyl (C=O) groups is 1. The van der Waals surface area contributed by atoms with Crippen molar-refractivity contribution in [3.8, 4) is 10.6 Å². The highest BCUT2D eigenvalue weighted by Gasteiger charge is 2.26. The van der Waals surface area contributed by atoms with E-state index in [9.17, 15) is 4.79 Å². The summed E-state index contributed by atoms with van der Waals surface area (Å²) in [5.74, 6) is -0.0601. The first-order chi connectivity index (χ1) is 14.5. The van der Waals surface area contributed by atoms with Crippen LogP contribution in [0.1, 0.15) is 18.4 Å². The van der Waals surface area contributed by atoms with Crippen LogP contribution in [0.25, 0.3) is 10.6 Å². The van der Waals surface area contributed by atoms with Crippen LogP contribution in [0.3, 0.4) is 0 Å². The third-order valence-corrected chi connectivity index (χ3v) is 7.00. The number of aromatic nitrogens is 2. The van der Waals surface area contributed by atoms with Crippen molar-refractivity contribution in [3.63, 3.8) is 0 Å². The molecule has 156 valence electrons. The summed E-state index contributed by atoms with van der Waals surface area (Å²) in [6.45, 7) is 2.31. The minimum Gasteiger partial charge on any atom is -0.300 e. The summed E-state index contributed by atoms with van der Waals surface area (Å²) < 4.78 is 0. The molecule has 1 fully saturated rings. The van der Waals surface area contributed by atoms with E-state index in [2.05, 4.69) is 20.4 Å². The van der Waals surface area contributed by atoms with Crippen molar-refractivity contribution < 1.29 is 4.79 Å². The summed E-state index contributed by atoms with van der Waals surface area (Å²) in [4.78, 5) is 15.0. The number of nitrogens with zero attached hydrogens (tertiary/aromatic N) is 3. The zero-order valence-electron chi connectivity index (χ0n) is 15.9. The van der Waals surface area contributed by atoms with E-state index in [-0.39, 0.29) is 11.8 Å². The lowest BCUT2D eigenvalue weighted by atomic mass is 9.95. The summed E-state index contributed by atoms with van der Waals surface area (Å²) >= 11 is 19.8. The maximum Gasteiger partial charge on any atom is 0.229 e. The summed E-state index contributed by atoms with van der Waals surface area (Å²) in [6, 6.07) is 12.9. The molecular weight excluding hydrogens is 463 g/mol. The molecule has 1 aromatic heterocycles. The third-order valence-electron chi connectivity index (χ3n) is 5.15. The predicted molar refractivity (Wildman–Crippen MR) is 123 cm³/mol. The Labute approximate surface area is 194 Å². The molecule has 0 radical (unpaired) electrons. The largest absolute Gasteiger partial charge is 0.300 e. The molecule has 0 bridgehead atoms. The highest BCUT2D eigenvalue weighted by atomic mass is 35.5. The summed E-state index contributed by atoms with van der Waals surface area (Å²) in [5.41, 5.74) is 1.86. The van der Waals surface area contributed by atoms with E-state index < -0.39 is 0 Å². The van der Waals surface area contributed by atoms with Crippen molar-refractivity contribution in [2.45, 2.75) is 19.4 Å². The zero-order chi connectivity index (χ0) is 21.1. The van der Waals surface area contributed by atoms with Gasteiger partial charge in [-0.05, 0) is 50.2 Å². The molecular formula is C21H19Cl3N4OS. The van der Waals surface area contributed by atoms with Crippen LogP contribution in [0.15, 0.2) is 42.5 Å². The first kappa shape index (κ1) is 21.5. The number of halogens is 3. The van der Waals surface area contributed by atoms with Crippen LogP contribution in [0.4, 0.5) is 5.13 Å². The van der Waals surface area contributed by atoms with Gasteiger partial charge in [-0.3, -0.25) is 9.69 Å². The van der Waals surface area contributed by atoms with E-state index in [1.54, 1.807) is 12.1 Å². The number of piperidine rings is 1. The Morgan fingerprint density at radius 2 is 1.70 bits per heavy atom. The van der Waals surface area contributed by atoms with Gasteiger partial charge in [-0.2, -0.15) is 0 Å². The smallest absolute Gasteiger partial charge is 0.229 e. The first-order valence-electron chi connectivity index (χ1n) is 9.55. The zero-order valence-corrected chi connectivity index (χ0v) is 19.0.